The molecule has 0 aromatic heterocycles. The molecule has 0 saturated carbocycles. The Morgan fingerprint density at radius 3 is 2.33 bits per heavy atom. The van der Waals surface area contributed by atoms with Crippen LogP contribution in [0.2, 0.25) is 5.02 Å². The van der Waals surface area contributed by atoms with Crippen LogP contribution in [0.5, 0.6) is 5.75 Å². The number of halogens is 2. The van der Waals surface area contributed by atoms with Gasteiger partial charge >= 0.3 is 0 Å². The molecule has 0 aliphatic carbocycles. The molecule has 0 unspecified atom stereocenters. The van der Waals surface area contributed by atoms with Gasteiger partial charge < -0.3 is 15.8 Å². The second kappa shape index (κ2) is 7.28. The average molecular weight is 267 g/mol. The van der Waals surface area contributed by atoms with E-state index in [0.717, 1.165) is 0 Å². The van der Waals surface area contributed by atoms with Crippen molar-refractivity contribution in [3.63, 3.8) is 0 Å². The monoisotopic (exact) mass is 266 g/mol. The van der Waals surface area contributed by atoms with Crippen molar-refractivity contribution in [2.75, 3.05) is 0 Å². The molecule has 0 radical (unpaired) electrons. The Morgan fingerprint density at radius 2 is 2.00 bits per heavy atom. The van der Waals surface area contributed by atoms with Crippen LogP contribution >= 0.6 is 35.7 Å². The number of hydrogen-bond acceptors (Lipinski definition) is 3. The SMILES string of the molecule is NC(N)=S.O=Cc1cccc(Cl)c1OCl. The maximum atomic E-state index is 10.3. The van der Waals surface area contributed by atoms with Gasteiger partial charge in [-0.15, -0.1) is 0 Å². The van der Waals surface area contributed by atoms with Crippen LogP contribution in [0.3, 0.4) is 0 Å². The predicted molar refractivity (Wildman–Crippen MR) is 64.3 cm³/mol. The summed E-state index contributed by atoms with van der Waals surface area (Å²) in [4.78, 5) is 10.3. The van der Waals surface area contributed by atoms with Gasteiger partial charge in [0.15, 0.2) is 17.1 Å². The fourth-order valence-corrected chi connectivity index (χ4v) is 1.13. The average Bonchev–Trinajstić information content (AvgIpc) is 2.16. The van der Waals surface area contributed by atoms with Gasteiger partial charge in [0.2, 0.25) is 0 Å². The predicted octanol–water partition coefficient (Wildman–Crippen LogP) is 1.87. The lowest BCUT2D eigenvalue weighted by molar-refractivity contribution is 0.112. The first-order valence-electron chi connectivity index (χ1n) is 3.60. The summed E-state index contributed by atoms with van der Waals surface area (Å²) in [5.41, 5.74) is 9.58. The van der Waals surface area contributed by atoms with Crippen LogP contribution in [-0.4, -0.2) is 11.4 Å². The lowest BCUT2D eigenvalue weighted by Gasteiger charge is -2.00. The third-order valence-corrected chi connectivity index (χ3v) is 1.65. The molecule has 4 nitrogen and oxygen atoms in total. The molecular weight excluding hydrogens is 259 g/mol. The topological polar surface area (TPSA) is 78.3 Å². The summed E-state index contributed by atoms with van der Waals surface area (Å²) in [5.74, 6) is 0.200. The Kier molecular flexibility index (Phi) is 6.77. The first kappa shape index (κ1) is 14.0. The highest BCUT2D eigenvalue weighted by Crippen LogP contribution is 2.27. The van der Waals surface area contributed by atoms with Gasteiger partial charge in [-0.2, -0.15) is 0 Å². The molecular formula is C8H8Cl2N2O2S. The Labute approximate surface area is 102 Å². The first-order valence-corrected chi connectivity index (χ1v) is 4.69. The Hall–Kier alpha value is -1.04. The van der Waals surface area contributed by atoms with Gasteiger partial charge in [-0.3, -0.25) is 4.79 Å². The molecule has 0 aliphatic rings. The number of benzene rings is 1. The molecule has 0 bridgehead atoms. The number of nitrogens with two attached hydrogens (primary N) is 2. The molecule has 1 aromatic rings. The Balaban J connectivity index is 0.000000423. The van der Waals surface area contributed by atoms with Crippen molar-refractivity contribution in [3.05, 3.63) is 28.8 Å². The molecule has 0 amide bonds. The lowest BCUT2D eigenvalue weighted by atomic mass is 10.2. The second-order valence-corrected chi connectivity index (χ2v) is 3.29. The maximum absolute atomic E-state index is 10.3. The van der Waals surface area contributed by atoms with Crippen molar-refractivity contribution in [2.45, 2.75) is 0 Å². The molecule has 0 atom stereocenters. The molecule has 4 N–H and O–H groups in total. The highest BCUT2D eigenvalue weighted by Gasteiger charge is 2.06. The third kappa shape index (κ3) is 5.41. The Morgan fingerprint density at radius 1 is 1.47 bits per heavy atom. The van der Waals surface area contributed by atoms with Crippen molar-refractivity contribution < 1.29 is 9.08 Å². The fourth-order valence-electron chi connectivity index (χ4n) is 0.700. The second-order valence-electron chi connectivity index (χ2n) is 2.26. The highest BCUT2D eigenvalue weighted by molar-refractivity contribution is 7.80. The lowest BCUT2D eigenvalue weighted by Crippen LogP contribution is -2.18. The summed E-state index contributed by atoms with van der Waals surface area (Å²) in [5, 5.41) is 0.324. The number of para-hydroxylation sites is 1. The summed E-state index contributed by atoms with van der Waals surface area (Å²) >= 11 is 14.8. The van der Waals surface area contributed by atoms with E-state index in [1.807, 2.05) is 0 Å². The number of aldehydes is 1. The zero-order valence-corrected chi connectivity index (χ0v) is 9.77. The van der Waals surface area contributed by atoms with Crippen molar-refractivity contribution in [1.82, 2.24) is 0 Å². The normalized spacial score (nSPS) is 8.40. The van der Waals surface area contributed by atoms with Crippen LogP contribution in [-0.2, 0) is 0 Å². The molecule has 1 aromatic carbocycles. The van der Waals surface area contributed by atoms with Crippen LogP contribution in [0.15, 0.2) is 18.2 Å². The Bertz CT molecular complexity index is 356. The summed E-state index contributed by atoms with van der Waals surface area (Å²) in [6, 6.07) is 4.80. The summed E-state index contributed by atoms with van der Waals surface area (Å²) in [6.07, 6.45) is 0.629. The van der Waals surface area contributed by atoms with E-state index in [1.54, 1.807) is 18.2 Å². The van der Waals surface area contributed by atoms with Gasteiger partial charge in [-0.05, 0) is 24.4 Å². The van der Waals surface area contributed by atoms with E-state index in [4.69, 9.17) is 23.5 Å². The van der Waals surface area contributed by atoms with Crippen molar-refractivity contribution in [3.8, 4) is 5.75 Å². The van der Waals surface area contributed by atoms with Gasteiger partial charge in [0.05, 0.1) is 10.6 Å². The van der Waals surface area contributed by atoms with E-state index in [0.29, 0.717) is 16.9 Å². The molecule has 7 heteroatoms. The summed E-state index contributed by atoms with van der Waals surface area (Å²) in [7, 11) is 0. The smallest absolute Gasteiger partial charge is 0.175 e. The fraction of sp³-hybridized carbons (Fsp3) is 0. The van der Waals surface area contributed by atoms with E-state index < -0.39 is 0 Å². The van der Waals surface area contributed by atoms with E-state index >= 15 is 0 Å². The minimum atomic E-state index is 0.000000000000000222. The zero-order chi connectivity index (χ0) is 11.8. The molecule has 82 valence electrons. The number of carbonyl (C=O) groups is 1. The number of thiocarbonyl (C=S) groups is 1. The van der Waals surface area contributed by atoms with Crippen molar-refractivity contribution >= 4 is 47.1 Å². The van der Waals surface area contributed by atoms with Crippen LogP contribution < -0.4 is 15.8 Å². The summed E-state index contributed by atoms with van der Waals surface area (Å²) in [6.45, 7) is 0. The van der Waals surface area contributed by atoms with Crippen LogP contribution in [0.1, 0.15) is 10.4 Å². The van der Waals surface area contributed by atoms with E-state index in [1.165, 1.54) is 0 Å². The standard InChI is InChI=1S/C7H4Cl2O2.CH4N2S/c8-6-3-1-2-5(4-10)7(6)11-9;2-1(3)4/h1-4H;(H4,2,3,4). The minimum absolute atomic E-state index is 0.000000000000000222. The quantitative estimate of drug-likeness (QED) is 0.631. The molecule has 0 heterocycles. The molecule has 0 saturated heterocycles. The van der Waals surface area contributed by atoms with Gasteiger partial charge in [0.25, 0.3) is 0 Å². The number of hydrogen-bond donors (Lipinski definition) is 2. The van der Waals surface area contributed by atoms with Gasteiger partial charge in [-0.25, -0.2) is 0 Å². The summed E-state index contributed by atoms with van der Waals surface area (Å²) < 4.78 is 4.38. The van der Waals surface area contributed by atoms with Crippen LogP contribution in [0.4, 0.5) is 0 Å². The van der Waals surface area contributed by atoms with E-state index in [-0.39, 0.29) is 10.9 Å². The molecule has 0 fully saturated rings. The zero-order valence-electron chi connectivity index (χ0n) is 7.44. The van der Waals surface area contributed by atoms with Crippen molar-refractivity contribution in [1.29, 1.82) is 0 Å². The van der Waals surface area contributed by atoms with Gasteiger partial charge in [0.1, 0.15) is 11.9 Å². The minimum Gasteiger partial charge on any atom is -0.383 e. The third-order valence-electron chi connectivity index (χ3n) is 1.20. The van der Waals surface area contributed by atoms with Gasteiger partial charge in [0, 0.05) is 0 Å². The molecule has 1 rings (SSSR count). The van der Waals surface area contributed by atoms with E-state index in [9.17, 15) is 4.79 Å². The van der Waals surface area contributed by atoms with Gasteiger partial charge in [-0.1, -0.05) is 17.7 Å². The molecule has 0 aliphatic heterocycles. The highest BCUT2D eigenvalue weighted by atomic mass is 35.5. The number of rotatable bonds is 2. The van der Waals surface area contributed by atoms with Crippen LogP contribution in [0, 0.1) is 0 Å². The van der Waals surface area contributed by atoms with Crippen molar-refractivity contribution in [2.24, 2.45) is 11.5 Å². The maximum Gasteiger partial charge on any atom is 0.175 e. The largest absolute Gasteiger partial charge is 0.383 e. The molecule has 0 spiro atoms. The number of carbonyl (C=O) groups excluding carboxylic acids is 1. The van der Waals surface area contributed by atoms with E-state index in [2.05, 4.69) is 28.0 Å². The first-order chi connectivity index (χ1) is 7.02. The molecule has 15 heavy (non-hydrogen) atoms. The van der Waals surface area contributed by atoms with Crippen LogP contribution in [0.25, 0.3) is 0 Å².